The average Bonchev–Trinajstić information content (AvgIpc) is 3.17. The topological polar surface area (TPSA) is 34.1 Å². The van der Waals surface area contributed by atoms with Gasteiger partial charge in [-0.15, -0.1) is 0 Å². The monoisotopic (exact) mass is 747 g/mol. The molecule has 0 saturated carbocycles. The van der Waals surface area contributed by atoms with E-state index in [9.17, 15) is 0 Å². The summed E-state index contributed by atoms with van der Waals surface area (Å²) in [5.41, 5.74) is 1.40. The summed E-state index contributed by atoms with van der Waals surface area (Å²) in [5.74, 6) is 0. The Balaban J connectivity index is 0.00000105. The van der Waals surface area contributed by atoms with Crippen molar-refractivity contribution in [2.75, 3.05) is 19.7 Å². The summed E-state index contributed by atoms with van der Waals surface area (Å²) in [4.78, 5) is 4.38. The fourth-order valence-corrected chi connectivity index (χ4v) is 8.07. The minimum Gasteiger partial charge on any atom is -0.372 e. The zero-order valence-electron chi connectivity index (χ0n) is 36.4. The molecule has 2 heterocycles. The van der Waals surface area contributed by atoms with Crippen LogP contribution in [0.2, 0.25) is 0 Å². The molecule has 1 aromatic rings. The number of nitrogens with one attached hydrogen (secondary N) is 1. The lowest BCUT2D eigenvalue weighted by Gasteiger charge is -2.38. The normalized spacial score (nSPS) is 13.7. The predicted octanol–water partition coefficient (Wildman–Crippen LogP) is 16.2. The van der Waals surface area contributed by atoms with Gasteiger partial charge < -0.3 is 10.1 Å². The number of hydrogen-bond donors (Lipinski definition) is 1. The number of nitrogens with zero attached hydrogens (tertiary/aromatic N) is 1. The van der Waals surface area contributed by atoms with Crippen molar-refractivity contribution in [2.45, 2.75) is 264 Å². The van der Waals surface area contributed by atoms with Crippen molar-refractivity contribution in [3.05, 3.63) is 30.1 Å². The molecule has 2 rings (SSSR count). The first kappa shape index (κ1) is 52.0. The van der Waals surface area contributed by atoms with Crippen molar-refractivity contribution < 1.29 is 9.44 Å². The highest BCUT2D eigenvalue weighted by molar-refractivity contribution is 5.03. The van der Waals surface area contributed by atoms with Crippen LogP contribution in [0, 0.1) is 0 Å². The third kappa shape index (κ3) is 35.2. The second-order valence-electron chi connectivity index (χ2n) is 16.7. The Morgan fingerprint density at radius 1 is 0.491 bits per heavy atom. The lowest BCUT2D eigenvalue weighted by atomic mass is 9.88. The van der Waals surface area contributed by atoms with E-state index in [0.29, 0.717) is 0 Å². The van der Waals surface area contributed by atoms with E-state index in [1.54, 1.807) is 0 Å². The van der Waals surface area contributed by atoms with E-state index in [0.717, 1.165) is 26.1 Å². The smallest absolute Gasteiger partial charge is 0.0806 e. The Bertz CT molecular complexity index is 773. The van der Waals surface area contributed by atoms with E-state index in [1.165, 1.54) is 237 Å². The van der Waals surface area contributed by atoms with Crippen LogP contribution in [0.3, 0.4) is 0 Å². The molecular weight excluding hydrogens is 652 g/mol. The van der Waals surface area contributed by atoms with Crippen LogP contribution in [-0.4, -0.2) is 30.3 Å². The number of aromatic nitrogens is 1. The molecule has 1 fully saturated rings. The van der Waals surface area contributed by atoms with Gasteiger partial charge in [0.15, 0.2) is 0 Å². The third-order valence-electron chi connectivity index (χ3n) is 11.6. The first-order valence-electron chi connectivity index (χ1n) is 24.0. The first-order valence-corrected chi connectivity index (χ1v) is 24.0. The number of aryl methyl sites for hydroxylation is 1. The van der Waals surface area contributed by atoms with Gasteiger partial charge in [-0.1, -0.05) is 239 Å². The van der Waals surface area contributed by atoms with E-state index >= 15 is 0 Å². The highest BCUT2D eigenvalue weighted by atomic mass is 19.0. The van der Waals surface area contributed by atoms with Crippen molar-refractivity contribution in [1.29, 1.82) is 0 Å². The molecule has 0 bridgehead atoms. The Morgan fingerprint density at radius 2 is 0.849 bits per heavy atom. The Labute approximate surface area is 332 Å². The maximum absolute atomic E-state index is 6.37. The van der Waals surface area contributed by atoms with Gasteiger partial charge in [0.25, 0.3) is 0 Å². The van der Waals surface area contributed by atoms with Crippen molar-refractivity contribution in [3.8, 4) is 0 Å². The lowest BCUT2D eigenvalue weighted by Crippen LogP contribution is -2.49. The van der Waals surface area contributed by atoms with Gasteiger partial charge in [-0.05, 0) is 37.8 Å². The minimum absolute atomic E-state index is 0. The molecule has 0 aliphatic carbocycles. The van der Waals surface area contributed by atoms with Gasteiger partial charge in [-0.25, -0.2) is 0 Å². The Hall–Kier alpha value is -1.00. The highest BCUT2D eigenvalue weighted by Gasteiger charge is 2.31. The first-order chi connectivity index (χ1) is 25.8. The fourth-order valence-electron chi connectivity index (χ4n) is 8.07. The van der Waals surface area contributed by atoms with Gasteiger partial charge in [0, 0.05) is 25.0 Å². The molecule has 314 valence electrons. The SMILES string of the molecule is CCCCCCCCCCCCC1(CCCCCCCCCCCC)CNCCO1.CCCCCCCCCCCCCCCCc1ccccn1.F. The van der Waals surface area contributed by atoms with Gasteiger partial charge in [0.05, 0.1) is 12.2 Å². The minimum atomic E-state index is 0. The molecule has 4 heteroatoms. The number of ether oxygens (including phenoxy) is 1. The van der Waals surface area contributed by atoms with E-state index in [1.807, 2.05) is 12.3 Å². The fraction of sp³-hybridized carbons (Fsp3) is 0.898. The highest BCUT2D eigenvalue weighted by Crippen LogP contribution is 2.28. The molecule has 0 atom stereocenters. The quantitative estimate of drug-likeness (QED) is 0.0689. The summed E-state index contributed by atoms with van der Waals surface area (Å²) < 4.78 is 6.37. The number of rotatable bonds is 37. The summed E-state index contributed by atoms with van der Waals surface area (Å²) in [7, 11) is 0. The van der Waals surface area contributed by atoms with Crippen molar-refractivity contribution in [2.24, 2.45) is 0 Å². The van der Waals surface area contributed by atoms with Crippen LogP contribution in [0.15, 0.2) is 24.4 Å². The molecule has 1 aromatic heterocycles. The molecule has 1 aliphatic rings. The van der Waals surface area contributed by atoms with E-state index in [4.69, 9.17) is 4.74 Å². The largest absolute Gasteiger partial charge is 0.372 e. The van der Waals surface area contributed by atoms with Gasteiger partial charge in [-0.2, -0.15) is 0 Å². The average molecular weight is 747 g/mol. The zero-order chi connectivity index (χ0) is 37.3. The third-order valence-corrected chi connectivity index (χ3v) is 11.6. The number of pyridine rings is 1. The van der Waals surface area contributed by atoms with Crippen LogP contribution in [0.4, 0.5) is 4.70 Å². The van der Waals surface area contributed by atoms with Gasteiger partial charge in [0.1, 0.15) is 0 Å². The number of unbranched alkanes of at least 4 members (excludes halogenated alkanes) is 31. The van der Waals surface area contributed by atoms with Gasteiger partial charge in [0.2, 0.25) is 0 Å². The number of halogens is 1. The van der Waals surface area contributed by atoms with Crippen molar-refractivity contribution in [3.63, 3.8) is 0 Å². The molecule has 0 amide bonds. The van der Waals surface area contributed by atoms with Crippen LogP contribution < -0.4 is 5.32 Å². The van der Waals surface area contributed by atoms with Crippen LogP contribution in [0.1, 0.15) is 258 Å². The predicted molar refractivity (Wildman–Crippen MR) is 235 cm³/mol. The molecule has 0 spiro atoms. The molecule has 53 heavy (non-hydrogen) atoms. The molecule has 0 radical (unpaired) electrons. The standard InChI is InChI=1S/C28H57NO.C21H37N.FH/c1-3-5-7-9-11-13-15-17-19-21-23-28(27-29-25-26-30-28)24-22-20-18-16-14-12-10-8-6-4-2;1-2-3-4-5-6-7-8-9-10-11-12-13-14-15-18-21-19-16-17-20-22-21;/h29H,3-27H2,1-2H3;16-17,19-20H,2-15,18H2,1H3;1H. The second-order valence-corrected chi connectivity index (χ2v) is 16.7. The number of hydrogen-bond acceptors (Lipinski definition) is 3. The Kier molecular flexibility index (Phi) is 41.4. The van der Waals surface area contributed by atoms with Crippen LogP contribution in [0.25, 0.3) is 0 Å². The molecule has 1 aliphatic heterocycles. The molecule has 0 unspecified atom stereocenters. The lowest BCUT2D eigenvalue weighted by molar-refractivity contribution is -0.0791. The molecular formula is C49H95FN2O. The molecule has 0 aromatic carbocycles. The second kappa shape index (κ2) is 42.1. The summed E-state index contributed by atoms with van der Waals surface area (Å²) in [6, 6.07) is 6.23. The Morgan fingerprint density at radius 3 is 1.17 bits per heavy atom. The summed E-state index contributed by atoms with van der Waals surface area (Å²) >= 11 is 0. The summed E-state index contributed by atoms with van der Waals surface area (Å²) in [6.45, 7) is 9.93. The van der Waals surface area contributed by atoms with Crippen LogP contribution in [0.5, 0.6) is 0 Å². The van der Waals surface area contributed by atoms with Gasteiger partial charge in [-0.3, -0.25) is 9.69 Å². The van der Waals surface area contributed by atoms with E-state index < -0.39 is 0 Å². The molecule has 1 N–H and O–H groups in total. The summed E-state index contributed by atoms with van der Waals surface area (Å²) in [6.07, 6.45) is 54.0. The zero-order valence-corrected chi connectivity index (χ0v) is 36.4. The maximum atomic E-state index is 6.37. The van der Waals surface area contributed by atoms with Crippen LogP contribution >= 0.6 is 0 Å². The molecule has 3 nitrogen and oxygen atoms in total. The summed E-state index contributed by atoms with van der Waals surface area (Å²) in [5, 5.41) is 3.62. The van der Waals surface area contributed by atoms with E-state index in [-0.39, 0.29) is 10.3 Å². The number of morpholine rings is 1. The van der Waals surface area contributed by atoms with Crippen molar-refractivity contribution >= 4 is 0 Å². The van der Waals surface area contributed by atoms with Gasteiger partial charge >= 0.3 is 0 Å². The van der Waals surface area contributed by atoms with Crippen LogP contribution in [-0.2, 0) is 11.2 Å². The van der Waals surface area contributed by atoms with Crippen molar-refractivity contribution in [1.82, 2.24) is 10.3 Å². The maximum Gasteiger partial charge on any atom is 0.0806 e. The van der Waals surface area contributed by atoms with E-state index in [2.05, 4.69) is 43.2 Å². The molecule has 1 saturated heterocycles.